The Kier molecular flexibility index (Phi) is 2.62. The Morgan fingerprint density at radius 2 is 2.00 bits per heavy atom. The van der Waals surface area contributed by atoms with Crippen LogP contribution in [0.25, 0.3) is 44.2 Å². The van der Waals surface area contributed by atoms with E-state index in [1.807, 2.05) is 6.07 Å². The number of phenolic OH excluding ortho intramolecular Hbond substituents is 1. The van der Waals surface area contributed by atoms with Crippen molar-refractivity contribution in [3.05, 3.63) is 58.4 Å². The highest BCUT2D eigenvalue weighted by molar-refractivity contribution is 6.14. The molecule has 0 aliphatic carbocycles. The molecule has 0 saturated heterocycles. The van der Waals surface area contributed by atoms with Gasteiger partial charge in [0.25, 0.3) is 0 Å². The zero-order valence-electron chi connectivity index (χ0n) is 13.3. The first-order chi connectivity index (χ1) is 12.1. The number of benzene rings is 2. The minimum absolute atomic E-state index is 0.0654. The summed E-state index contributed by atoms with van der Waals surface area (Å²) in [5.41, 5.74) is 4.62. The Hall–Kier alpha value is -3.54. The van der Waals surface area contributed by atoms with Crippen molar-refractivity contribution in [3.63, 3.8) is 0 Å². The fourth-order valence-corrected chi connectivity index (χ4v) is 3.32. The number of rotatable bonds is 1. The molecule has 2 aromatic carbocycles. The number of nitrogens with one attached hydrogen (secondary N) is 2. The average molecular weight is 331 g/mol. The Balaban J connectivity index is 2.04. The Morgan fingerprint density at radius 3 is 2.84 bits per heavy atom. The maximum Gasteiger partial charge on any atom is 0.185 e. The first-order valence-corrected chi connectivity index (χ1v) is 7.84. The molecular formula is C19H13N3O3. The zero-order valence-corrected chi connectivity index (χ0v) is 13.3. The average Bonchev–Trinajstić information content (AvgIpc) is 3.20. The molecule has 0 atom stereocenters. The van der Waals surface area contributed by atoms with E-state index >= 15 is 0 Å². The molecule has 5 rings (SSSR count). The number of aromatic amines is 2. The molecule has 122 valence electrons. The molecule has 6 heteroatoms. The summed E-state index contributed by atoms with van der Waals surface area (Å²) in [4.78, 5) is 16.6. The van der Waals surface area contributed by atoms with E-state index < -0.39 is 0 Å². The van der Waals surface area contributed by atoms with Gasteiger partial charge in [0.2, 0.25) is 0 Å². The van der Waals surface area contributed by atoms with Gasteiger partial charge in [-0.25, -0.2) is 4.98 Å². The van der Waals surface area contributed by atoms with Gasteiger partial charge in [-0.2, -0.15) is 0 Å². The van der Waals surface area contributed by atoms with Crippen LogP contribution in [0.2, 0.25) is 0 Å². The standard InChI is InChI=1S/C19H13N3O3/c1-9-14(24)6-5-12-16-18(25-17(9)12)15(10-3-2-4-11(23)7-10)13-8-20-22-19(13)21-16/h2-8,23H,1H3,(H2,20,21,22). The summed E-state index contributed by atoms with van der Waals surface area (Å²) in [6.07, 6.45) is 1.81. The summed E-state index contributed by atoms with van der Waals surface area (Å²) >= 11 is 0. The van der Waals surface area contributed by atoms with Crippen molar-refractivity contribution in [2.75, 3.05) is 0 Å². The molecule has 0 fully saturated rings. The molecule has 3 heterocycles. The van der Waals surface area contributed by atoms with Gasteiger partial charge in [0.1, 0.15) is 16.8 Å². The highest BCUT2D eigenvalue weighted by atomic mass is 16.3. The number of hydrogen-bond acceptors (Lipinski definition) is 4. The molecule has 0 amide bonds. The van der Waals surface area contributed by atoms with Gasteiger partial charge in [-0.3, -0.25) is 9.89 Å². The van der Waals surface area contributed by atoms with Gasteiger partial charge in [0.05, 0.1) is 0 Å². The van der Waals surface area contributed by atoms with Crippen LogP contribution in [0.1, 0.15) is 5.56 Å². The second-order valence-corrected chi connectivity index (χ2v) is 6.06. The lowest BCUT2D eigenvalue weighted by atomic mass is 10.0. The van der Waals surface area contributed by atoms with E-state index in [2.05, 4.69) is 15.2 Å². The Morgan fingerprint density at radius 1 is 1.12 bits per heavy atom. The number of hydrogen-bond donors (Lipinski definition) is 3. The SMILES string of the molecule is Cc1c(=O)ccc2c1oc1c(-c3cccc(O)c3)c3c[nH][nH]c3nc12. The van der Waals surface area contributed by atoms with Crippen molar-refractivity contribution in [2.24, 2.45) is 0 Å². The van der Waals surface area contributed by atoms with Crippen LogP contribution >= 0.6 is 0 Å². The molecular weight excluding hydrogens is 318 g/mol. The number of aromatic hydroxyl groups is 1. The van der Waals surface area contributed by atoms with Gasteiger partial charge in [-0.1, -0.05) is 12.1 Å². The number of H-pyrrole nitrogens is 2. The summed E-state index contributed by atoms with van der Waals surface area (Å²) in [6.45, 7) is 1.75. The minimum atomic E-state index is -0.0654. The van der Waals surface area contributed by atoms with Crippen molar-refractivity contribution in [1.29, 1.82) is 0 Å². The van der Waals surface area contributed by atoms with Crippen LogP contribution in [0.3, 0.4) is 0 Å². The fraction of sp³-hybridized carbons (Fsp3) is 0.0526. The van der Waals surface area contributed by atoms with E-state index in [1.165, 1.54) is 6.07 Å². The highest BCUT2D eigenvalue weighted by Gasteiger charge is 2.20. The number of aryl methyl sites for hydroxylation is 1. The van der Waals surface area contributed by atoms with Crippen LogP contribution in [-0.2, 0) is 0 Å². The predicted octanol–water partition coefficient (Wildman–Crippen LogP) is 3.83. The van der Waals surface area contributed by atoms with E-state index in [0.717, 1.165) is 21.9 Å². The number of phenols is 1. The second kappa shape index (κ2) is 4.73. The van der Waals surface area contributed by atoms with Crippen molar-refractivity contribution in [3.8, 4) is 16.9 Å². The molecule has 0 bridgehead atoms. The normalized spacial score (nSPS) is 11.7. The lowest BCUT2D eigenvalue weighted by Gasteiger charge is -2.05. The summed E-state index contributed by atoms with van der Waals surface area (Å²) in [7, 11) is 0. The van der Waals surface area contributed by atoms with Crippen molar-refractivity contribution in [1.82, 2.24) is 15.2 Å². The molecule has 3 aromatic heterocycles. The smallest absolute Gasteiger partial charge is 0.185 e. The molecule has 0 aliphatic heterocycles. The molecule has 6 nitrogen and oxygen atoms in total. The molecule has 0 radical (unpaired) electrons. The zero-order chi connectivity index (χ0) is 17.1. The largest absolute Gasteiger partial charge is 0.508 e. The van der Waals surface area contributed by atoms with Gasteiger partial charge < -0.3 is 14.6 Å². The molecule has 0 spiro atoms. The fourth-order valence-electron chi connectivity index (χ4n) is 3.32. The van der Waals surface area contributed by atoms with Gasteiger partial charge in [-0.05, 0) is 36.8 Å². The van der Waals surface area contributed by atoms with Crippen LogP contribution in [0.15, 0.2) is 51.8 Å². The highest BCUT2D eigenvalue weighted by Crippen LogP contribution is 2.39. The van der Waals surface area contributed by atoms with E-state index in [-0.39, 0.29) is 11.2 Å². The molecule has 25 heavy (non-hydrogen) atoms. The number of aromatic nitrogens is 3. The number of fused-ring (bicyclic) bond motifs is 4. The van der Waals surface area contributed by atoms with Crippen LogP contribution < -0.4 is 5.43 Å². The van der Waals surface area contributed by atoms with Crippen molar-refractivity contribution < 1.29 is 9.52 Å². The second-order valence-electron chi connectivity index (χ2n) is 6.06. The van der Waals surface area contributed by atoms with Crippen LogP contribution in [-0.4, -0.2) is 20.3 Å². The number of nitrogens with zero attached hydrogens (tertiary/aromatic N) is 1. The third-order valence-electron chi connectivity index (χ3n) is 4.55. The summed E-state index contributed by atoms with van der Waals surface area (Å²) < 4.78 is 6.10. The topological polar surface area (TPSA) is 94.9 Å². The lowest BCUT2D eigenvalue weighted by molar-refractivity contribution is 0.475. The van der Waals surface area contributed by atoms with E-state index in [4.69, 9.17) is 4.42 Å². The van der Waals surface area contributed by atoms with Crippen LogP contribution in [0, 0.1) is 6.92 Å². The van der Waals surface area contributed by atoms with Gasteiger partial charge in [-0.15, -0.1) is 0 Å². The minimum Gasteiger partial charge on any atom is -0.508 e. The molecule has 0 unspecified atom stereocenters. The first kappa shape index (κ1) is 13.9. The Bertz CT molecular complexity index is 1340. The first-order valence-electron chi connectivity index (χ1n) is 7.84. The summed E-state index contributed by atoms with van der Waals surface area (Å²) in [5, 5.41) is 17.5. The summed E-state index contributed by atoms with van der Waals surface area (Å²) in [5.74, 6) is 0.171. The third kappa shape index (κ3) is 1.85. The van der Waals surface area contributed by atoms with E-state index in [9.17, 15) is 9.90 Å². The van der Waals surface area contributed by atoms with Gasteiger partial charge >= 0.3 is 0 Å². The van der Waals surface area contributed by atoms with Gasteiger partial charge in [0, 0.05) is 28.1 Å². The van der Waals surface area contributed by atoms with Crippen LogP contribution in [0.5, 0.6) is 5.75 Å². The lowest BCUT2D eigenvalue weighted by Crippen LogP contribution is -2.01. The van der Waals surface area contributed by atoms with E-state index in [0.29, 0.717) is 27.9 Å². The molecule has 0 saturated carbocycles. The van der Waals surface area contributed by atoms with Crippen molar-refractivity contribution >= 4 is 33.1 Å². The molecule has 3 N–H and O–H groups in total. The van der Waals surface area contributed by atoms with Crippen LogP contribution in [0.4, 0.5) is 0 Å². The molecule has 5 aromatic rings. The molecule has 0 aliphatic rings. The quantitative estimate of drug-likeness (QED) is 0.435. The number of furan rings is 1. The summed E-state index contributed by atoms with van der Waals surface area (Å²) in [6, 6.07) is 10.3. The third-order valence-corrected chi connectivity index (χ3v) is 4.55. The van der Waals surface area contributed by atoms with Crippen molar-refractivity contribution in [2.45, 2.75) is 6.92 Å². The predicted molar refractivity (Wildman–Crippen MR) is 95.8 cm³/mol. The number of pyridine rings is 1. The maximum atomic E-state index is 12.0. The Labute approximate surface area is 140 Å². The maximum absolute atomic E-state index is 12.0. The monoisotopic (exact) mass is 331 g/mol. The van der Waals surface area contributed by atoms with Gasteiger partial charge in [0.15, 0.2) is 16.7 Å². The van der Waals surface area contributed by atoms with E-state index in [1.54, 1.807) is 37.4 Å².